The van der Waals surface area contributed by atoms with Gasteiger partial charge in [-0.15, -0.1) is 0 Å². The minimum absolute atomic E-state index is 0.380. The molecule has 0 saturated heterocycles. The topological polar surface area (TPSA) is 105 Å². The second kappa shape index (κ2) is 11.4. The van der Waals surface area contributed by atoms with Crippen molar-refractivity contribution in [2.24, 2.45) is 0 Å². The Kier molecular flexibility index (Phi) is 10.7. The van der Waals surface area contributed by atoms with Crippen LogP contribution in [0.25, 0.3) is 0 Å². The SMILES string of the molecule is CN(C)CCCNC(=O)C(O)C(O)C(=O)NCCCN(C)C. The van der Waals surface area contributed by atoms with E-state index in [0.717, 1.165) is 25.9 Å². The van der Waals surface area contributed by atoms with Crippen molar-refractivity contribution in [2.45, 2.75) is 25.0 Å². The summed E-state index contributed by atoms with van der Waals surface area (Å²) in [5.41, 5.74) is 0. The van der Waals surface area contributed by atoms with Crippen LogP contribution in [0.15, 0.2) is 0 Å². The summed E-state index contributed by atoms with van der Waals surface area (Å²) >= 11 is 0. The number of carbonyl (C=O) groups excluding carboxylic acids is 2. The summed E-state index contributed by atoms with van der Waals surface area (Å²) in [6.45, 7) is 2.35. The van der Waals surface area contributed by atoms with Crippen LogP contribution in [-0.4, -0.2) is 98.4 Å². The van der Waals surface area contributed by atoms with Gasteiger partial charge >= 0.3 is 0 Å². The molecule has 22 heavy (non-hydrogen) atoms. The fraction of sp³-hybridized carbons (Fsp3) is 0.857. The van der Waals surface area contributed by atoms with Crippen LogP contribution >= 0.6 is 0 Å². The van der Waals surface area contributed by atoms with Crippen LogP contribution in [0.3, 0.4) is 0 Å². The molecule has 0 aliphatic carbocycles. The molecule has 8 nitrogen and oxygen atoms in total. The first-order chi connectivity index (χ1) is 10.3. The number of rotatable bonds is 11. The highest BCUT2D eigenvalue weighted by molar-refractivity contribution is 5.90. The molecule has 0 fully saturated rings. The van der Waals surface area contributed by atoms with E-state index in [9.17, 15) is 19.8 Å². The molecule has 0 spiro atoms. The van der Waals surface area contributed by atoms with Crippen LogP contribution in [0, 0.1) is 0 Å². The highest BCUT2D eigenvalue weighted by atomic mass is 16.3. The van der Waals surface area contributed by atoms with Crippen molar-refractivity contribution in [3.8, 4) is 0 Å². The van der Waals surface area contributed by atoms with Gasteiger partial charge in [0.05, 0.1) is 0 Å². The largest absolute Gasteiger partial charge is 0.380 e. The number of nitrogens with zero attached hydrogens (tertiary/aromatic N) is 2. The van der Waals surface area contributed by atoms with E-state index in [4.69, 9.17) is 0 Å². The molecular weight excluding hydrogens is 288 g/mol. The molecule has 130 valence electrons. The van der Waals surface area contributed by atoms with Crippen molar-refractivity contribution in [3.63, 3.8) is 0 Å². The highest BCUT2D eigenvalue weighted by Gasteiger charge is 2.29. The highest BCUT2D eigenvalue weighted by Crippen LogP contribution is 1.95. The molecule has 0 aliphatic rings. The van der Waals surface area contributed by atoms with E-state index in [1.54, 1.807) is 0 Å². The van der Waals surface area contributed by atoms with Gasteiger partial charge < -0.3 is 30.6 Å². The number of hydrogen-bond acceptors (Lipinski definition) is 6. The lowest BCUT2D eigenvalue weighted by molar-refractivity contribution is -0.146. The van der Waals surface area contributed by atoms with Gasteiger partial charge in [0.15, 0.2) is 12.2 Å². The molecule has 0 heterocycles. The van der Waals surface area contributed by atoms with Gasteiger partial charge in [-0.1, -0.05) is 0 Å². The van der Waals surface area contributed by atoms with E-state index in [1.807, 2.05) is 38.0 Å². The summed E-state index contributed by atoms with van der Waals surface area (Å²) in [6, 6.07) is 0. The maximum atomic E-state index is 11.6. The quantitative estimate of drug-likeness (QED) is 0.324. The molecule has 0 aromatic heterocycles. The third kappa shape index (κ3) is 9.67. The van der Waals surface area contributed by atoms with Crippen LogP contribution in [0.5, 0.6) is 0 Å². The van der Waals surface area contributed by atoms with E-state index in [2.05, 4.69) is 10.6 Å². The molecule has 8 heteroatoms. The molecule has 0 aliphatic heterocycles. The van der Waals surface area contributed by atoms with E-state index in [-0.39, 0.29) is 0 Å². The molecule has 0 rings (SSSR count). The average Bonchev–Trinajstić information content (AvgIpc) is 2.45. The van der Waals surface area contributed by atoms with Crippen molar-refractivity contribution in [3.05, 3.63) is 0 Å². The third-order valence-electron chi connectivity index (χ3n) is 3.00. The Balaban J connectivity index is 3.98. The number of nitrogens with one attached hydrogen (secondary N) is 2. The number of aliphatic hydroxyl groups excluding tert-OH is 2. The smallest absolute Gasteiger partial charge is 0.252 e. The van der Waals surface area contributed by atoms with Gasteiger partial charge in [-0.2, -0.15) is 0 Å². The second-order valence-electron chi connectivity index (χ2n) is 5.79. The lowest BCUT2D eigenvalue weighted by atomic mass is 10.1. The molecular formula is C14H30N4O4. The summed E-state index contributed by atoms with van der Waals surface area (Å²) in [7, 11) is 7.67. The standard InChI is InChI=1S/C14H30N4O4/c1-17(2)9-5-7-15-13(21)11(19)12(20)14(22)16-8-6-10-18(3)4/h11-12,19-20H,5-10H2,1-4H3,(H,15,21)(H,16,22). The van der Waals surface area contributed by atoms with Crippen LogP contribution in [0.1, 0.15) is 12.8 Å². The van der Waals surface area contributed by atoms with Crippen LogP contribution in [0.4, 0.5) is 0 Å². The molecule has 0 aromatic rings. The van der Waals surface area contributed by atoms with E-state index in [0.29, 0.717) is 13.1 Å². The lowest BCUT2D eigenvalue weighted by Crippen LogP contribution is -2.50. The number of amides is 2. The number of hydrogen-bond donors (Lipinski definition) is 4. The summed E-state index contributed by atoms with van der Waals surface area (Å²) < 4.78 is 0. The van der Waals surface area contributed by atoms with Crippen LogP contribution in [0.2, 0.25) is 0 Å². The Morgan fingerprint density at radius 1 is 0.818 bits per heavy atom. The van der Waals surface area contributed by atoms with E-state index in [1.165, 1.54) is 0 Å². The minimum atomic E-state index is -1.76. The van der Waals surface area contributed by atoms with Gasteiger partial charge in [-0.25, -0.2) is 0 Å². The maximum Gasteiger partial charge on any atom is 0.252 e. The van der Waals surface area contributed by atoms with Crippen molar-refractivity contribution in [1.29, 1.82) is 0 Å². The molecule has 0 bridgehead atoms. The number of carbonyl (C=O) groups is 2. The van der Waals surface area contributed by atoms with Crippen molar-refractivity contribution < 1.29 is 19.8 Å². The zero-order chi connectivity index (χ0) is 17.1. The number of aliphatic hydroxyl groups is 2. The summed E-state index contributed by atoms with van der Waals surface area (Å²) in [5, 5.41) is 24.3. The Morgan fingerprint density at radius 2 is 1.14 bits per heavy atom. The molecule has 2 amide bonds. The van der Waals surface area contributed by atoms with Gasteiger partial charge in [0.1, 0.15) is 0 Å². The van der Waals surface area contributed by atoms with Gasteiger partial charge in [-0.05, 0) is 54.1 Å². The Bertz CT molecular complexity index is 305. The van der Waals surface area contributed by atoms with E-state index < -0.39 is 24.0 Å². The Labute approximate surface area is 132 Å². The fourth-order valence-electron chi connectivity index (χ4n) is 1.71. The molecule has 2 unspecified atom stereocenters. The van der Waals surface area contributed by atoms with Gasteiger partial charge in [0, 0.05) is 13.1 Å². The van der Waals surface area contributed by atoms with Crippen molar-refractivity contribution in [2.75, 3.05) is 54.4 Å². The van der Waals surface area contributed by atoms with Crippen LogP contribution < -0.4 is 10.6 Å². The first-order valence-electron chi connectivity index (χ1n) is 7.46. The molecule has 0 aromatic carbocycles. The van der Waals surface area contributed by atoms with Crippen LogP contribution in [-0.2, 0) is 9.59 Å². The maximum absolute atomic E-state index is 11.6. The third-order valence-corrected chi connectivity index (χ3v) is 3.00. The van der Waals surface area contributed by atoms with Crippen molar-refractivity contribution in [1.82, 2.24) is 20.4 Å². The summed E-state index contributed by atoms with van der Waals surface area (Å²) in [4.78, 5) is 27.2. The Hall–Kier alpha value is -1.22. The average molecular weight is 318 g/mol. The first kappa shape index (κ1) is 20.8. The molecule has 2 atom stereocenters. The zero-order valence-electron chi connectivity index (χ0n) is 14.0. The predicted molar refractivity (Wildman–Crippen MR) is 84.4 cm³/mol. The lowest BCUT2D eigenvalue weighted by Gasteiger charge is -2.18. The van der Waals surface area contributed by atoms with Gasteiger partial charge in [0.2, 0.25) is 0 Å². The van der Waals surface area contributed by atoms with Gasteiger partial charge in [0.25, 0.3) is 11.8 Å². The van der Waals surface area contributed by atoms with Gasteiger partial charge in [-0.3, -0.25) is 9.59 Å². The van der Waals surface area contributed by atoms with Crippen molar-refractivity contribution >= 4 is 11.8 Å². The fourth-order valence-corrected chi connectivity index (χ4v) is 1.71. The normalized spacial score (nSPS) is 14.0. The predicted octanol–water partition coefficient (Wildman–Crippen LogP) is -2.16. The Morgan fingerprint density at radius 3 is 1.41 bits per heavy atom. The zero-order valence-corrected chi connectivity index (χ0v) is 14.0. The summed E-state index contributed by atoms with van der Waals surface area (Å²) in [5.74, 6) is -1.48. The van der Waals surface area contributed by atoms with E-state index >= 15 is 0 Å². The molecule has 0 radical (unpaired) electrons. The second-order valence-corrected chi connectivity index (χ2v) is 5.79. The monoisotopic (exact) mass is 318 g/mol. The summed E-state index contributed by atoms with van der Waals surface area (Å²) in [6.07, 6.45) is -2.07. The molecule has 4 N–H and O–H groups in total. The minimum Gasteiger partial charge on any atom is -0.380 e. The first-order valence-corrected chi connectivity index (χ1v) is 7.46. The molecule has 0 saturated carbocycles.